The Morgan fingerprint density at radius 2 is 2.19 bits per heavy atom. The van der Waals surface area contributed by atoms with Crippen LogP contribution in [-0.4, -0.2) is 52.6 Å². The Balaban J connectivity index is 1.41. The van der Waals surface area contributed by atoms with E-state index in [2.05, 4.69) is 15.1 Å². The van der Waals surface area contributed by atoms with Gasteiger partial charge in [0.1, 0.15) is 7.28 Å². The molecule has 0 bridgehead atoms. The highest BCUT2D eigenvalue weighted by Gasteiger charge is 2.29. The summed E-state index contributed by atoms with van der Waals surface area (Å²) in [7, 11) is 1.44. The average Bonchev–Trinajstić information content (AvgIpc) is 3.18. The number of hydrogen-bond donors (Lipinski definition) is 1. The van der Waals surface area contributed by atoms with Gasteiger partial charge < -0.3 is 14.6 Å². The summed E-state index contributed by atoms with van der Waals surface area (Å²) in [6.07, 6.45) is 8.11. The number of aliphatic hydroxyl groups is 1. The molecule has 2 aliphatic rings. The molecule has 2 aliphatic heterocycles. The van der Waals surface area contributed by atoms with E-state index in [4.69, 9.17) is 0 Å². The molecule has 0 radical (unpaired) electrons. The standard InChI is InChI=1S/C14H23BN4O2/c20-13(10-19-6-3-16-14(19)17-21)9-18-4-1-11(2-5-18)7-12-8-15-12/h3,6,11-13,15,20H,1-2,4-5,7-10H2. The van der Waals surface area contributed by atoms with Gasteiger partial charge in [-0.1, -0.05) is 18.6 Å². The number of imidazole rings is 1. The molecule has 3 heterocycles. The van der Waals surface area contributed by atoms with Crippen molar-refractivity contribution in [2.75, 3.05) is 19.6 Å². The number of rotatable bonds is 7. The Hall–Kier alpha value is -1.21. The normalized spacial score (nSPS) is 24.5. The van der Waals surface area contributed by atoms with Gasteiger partial charge in [-0.25, -0.2) is 4.98 Å². The number of piperidine rings is 1. The third kappa shape index (κ3) is 4.14. The van der Waals surface area contributed by atoms with Crippen LogP contribution in [0.3, 0.4) is 0 Å². The number of likely N-dealkylation sites (tertiary alicyclic amines) is 1. The van der Waals surface area contributed by atoms with Crippen LogP contribution in [0.4, 0.5) is 5.95 Å². The van der Waals surface area contributed by atoms with Crippen LogP contribution in [0.15, 0.2) is 17.6 Å². The lowest BCUT2D eigenvalue weighted by Gasteiger charge is -2.33. The lowest BCUT2D eigenvalue weighted by Crippen LogP contribution is -2.40. The van der Waals surface area contributed by atoms with E-state index < -0.39 is 6.10 Å². The van der Waals surface area contributed by atoms with Crippen molar-refractivity contribution in [1.29, 1.82) is 0 Å². The van der Waals surface area contributed by atoms with E-state index in [9.17, 15) is 10.0 Å². The maximum atomic E-state index is 10.6. The Morgan fingerprint density at radius 1 is 1.43 bits per heavy atom. The minimum Gasteiger partial charge on any atom is -0.390 e. The van der Waals surface area contributed by atoms with Crippen LogP contribution >= 0.6 is 0 Å². The number of hydrogen-bond acceptors (Lipinski definition) is 5. The van der Waals surface area contributed by atoms with Gasteiger partial charge in [0.25, 0.3) is 5.95 Å². The molecule has 2 fully saturated rings. The van der Waals surface area contributed by atoms with Crippen molar-refractivity contribution in [1.82, 2.24) is 14.5 Å². The van der Waals surface area contributed by atoms with Crippen LogP contribution in [0.1, 0.15) is 19.3 Å². The van der Waals surface area contributed by atoms with Crippen molar-refractivity contribution in [3.05, 3.63) is 17.3 Å². The summed E-state index contributed by atoms with van der Waals surface area (Å²) < 4.78 is 1.61. The lowest BCUT2D eigenvalue weighted by molar-refractivity contribution is 0.0777. The van der Waals surface area contributed by atoms with E-state index in [0.29, 0.717) is 13.1 Å². The summed E-state index contributed by atoms with van der Waals surface area (Å²) in [4.78, 5) is 16.7. The van der Waals surface area contributed by atoms with Gasteiger partial charge >= 0.3 is 0 Å². The second-order valence-corrected chi connectivity index (χ2v) is 6.55. The van der Waals surface area contributed by atoms with Gasteiger partial charge in [0.2, 0.25) is 0 Å². The molecule has 0 aliphatic carbocycles. The molecular weight excluding hydrogens is 267 g/mol. The summed E-state index contributed by atoms with van der Waals surface area (Å²) in [6.45, 7) is 3.20. The predicted octanol–water partition coefficient (Wildman–Crippen LogP) is 1.40. The molecule has 3 rings (SSSR count). The smallest absolute Gasteiger partial charge is 0.271 e. The summed E-state index contributed by atoms with van der Waals surface area (Å²) in [5.41, 5.74) is 0. The third-order valence-corrected chi connectivity index (χ3v) is 4.72. The van der Waals surface area contributed by atoms with E-state index in [1.807, 2.05) is 0 Å². The Kier molecular flexibility index (Phi) is 4.70. The lowest BCUT2D eigenvalue weighted by atomic mass is 9.87. The van der Waals surface area contributed by atoms with E-state index >= 15 is 0 Å². The molecule has 0 saturated carbocycles. The summed E-state index contributed by atoms with van der Waals surface area (Å²) in [6, 6.07) is 0. The Labute approximate surface area is 125 Å². The van der Waals surface area contributed by atoms with Gasteiger partial charge in [-0.15, -0.1) is 4.91 Å². The molecule has 6 nitrogen and oxygen atoms in total. The van der Waals surface area contributed by atoms with Crippen molar-refractivity contribution in [2.24, 2.45) is 11.1 Å². The van der Waals surface area contributed by atoms with Crippen LogP contribution in [-0.2, 0) is 6.54 Å². The summed E-state index contributed by atoms with van der Waals surface area (Å²) >= 11 is 0. The van der Waals surface area contributed by atoms with E-state index in [1.54, 1.807) is 10.8 Å². The number of nitrogens with zero attached hydrogens (tertiary/aromatic N) is 4. The highest BCUT2D eigenvalue weighted by Crippen LogP contribution is 2.37. The molecule has 2 saturated heterocycles. The largest absolute Gasteiger partial charge is 0.390 e. The molecule has 0 amide bonds. The molecule has 1 aromatic heterocycles. The Bertz CT molecular complexity index is 469. The van der Waals surface area contributed by atoms with Crippen molar-refractivity contribution in [2.45, 2.75) is 44.0 Å². The minimum absolute atomic E-state index is 0.136. The Morgan fingerprint density at radius 3 is 2.86 bits per heavy atom. The van der Waals surface area contributed by atoms with Gasteiger partial charge in [-0.2, -0.15) is 0 Å². The third-order valence-electron chi connectivity index (χ3n) is 4.72. The average molecular weight is 290 g/mol. The monoisotopic (exact) mass is 290 g/mol. The number of aliphatic hydroxyl groups excluding tert-OH is 1. The van der Waals surface area contributed by atoms with Gasteiger partial charge in [0.05, 0.1) is 12.6 Å². The van der Waals surface area contributed by atoms with E-state index in [-0.39, 0.29) is 5.95 Å². The summed E-state index contributed by atoms with van der Waals surface area (Å²) in [5, 5.41) is 13.0. The second kappa shape index (κ2) is 6.70. The van der Waals surface area contributed by atoms with Crippen molar-refractivity contribution < 1.29 is 5.11 Å². The highest BCUT2D eigenvalue weighted by atomic mass is 16.3. The van der Waals surface area contributed by atoms with E-state index in [0.717, 1.165) is 24.8 Å². The van der Waals surface area contributed by atoms with Crippen molar-refractivity contribution in [3.8, 4) is 0 Å². The second-order valence-electron chi connectivity index (χ2n) is 6.55. The van der Waals surface area contributed by atoms with Crippen LogP contribution in [0, 0.1) is 10.8 Å². The first-order chi connectivity index (χ1) is 10.2. The van der Waals surface area contributed by atoms with Gasteiger partial charge in [-0.05, 0) is 31.8 Å². The minimum atomic E-state index is -0.486. The molecule has 7 heteroatoms. The molecule has 1 N–H and O–H groups in total. The molecule has 2 atom stereocenters. The van der Waals surface area contributed by atoms with Crippen LogP contribution < -0.4 is 0 Å². The molecular formula is C14H23BN4O2. The van der Waals surface area contributed by atoms with Gasteiger partial charge in [-0.3, -0.25) is 0 Å². The molecule has 2 unspecified atom stereocenters. The van der Waals surface area contributed by atoms with Gasteiger partial charge in [0.15, 0.2) is 0 Å². The van der Waals surface area contributed by atoms with Gasteiger partial charge in [0, 0.05) is 24.1 Å². The zero-order chi connectivity index (χ0) is 14.7. The first-order valence-corrected chi connectivity index (χ1v) is 7.99. The first kappa shape index (κ1) is 14.7. The van der Waals surface area contributed by atoms with Crippen molar-refractivity contribution >= 4 is 13.2 Å². The maximum Gasteiger partial charge on any atom is 0.271 e. The SMILES string of the molecule is O=Nc1nccn1CC(O)CN1CCC(CC2BC2)CC1. The predicted molar refractivity (Wildman–Crippen MR) is 83.2 cm³/mol. The van der Waals surface area contributed by atoms with Crippen LogP contribution in [0.25, 0.3) is 0 Å². The molecule has 1 aromatic rings. The molecule has 114 valence electrons. The molecule has 21 heavy (non-hydrogen) atoms. The van der Waals surface area contributed by atoms with Crippen LogP contribution in [0.2, 0.25) is 12.1 Å². The number of β-amino-alcohol motifs (C(OH)–C–C–N with tert-alkyl or cyclic N) is 1. The quantitative estimate of drug-likeness (QED) is 0.608. The topological polar surface area (TPSA) is 70.7 Å². The fourth-order valence-corrected chi connectivity index (χ4v) is 3.35. The van der Waals surface area contributed by atoms with E-state index in [1.165, 1.54) is 39.1 Å². The maximum absolute atomic E-state index is 10.6. The molecule has 0 spiro atoms. The number of aromatic nitrogens is 2. The number of nitroso groups, excluding NO2 is 1. The fourth-order valence-electron chi connectivity index (χ4n) is 3.35. The zero-order valence-electron chi connectivity index (χ0n) is 12.4. The zero-order valence-corrected chi connectivity index (χ0v) is 12.4. The summed E-state index contributed by atoms with van der Waals surface area (Å²) in [5.74, 6) is 2.05. The highest BCUT2D eigenvalue weighted by molar-refractivity contribution is 6.50. The fraction of sp³-hybridized carbons (Fsp3) is 0.786. The van der Waals surface area contributed by atoms with Crippen LogP contribution in [0.5, 0.6) is 0 Å². The molecule has 0 aromatic carbocycles. The first-order valence-electron chi connectivity index (χ1n) is 7.99. The van der Waals surface area contributed by atoms with Crippen molar-refractivity contribution in [3.63, 3.8) is 0 Å².